The van der Waals surface area contributed by atoms with Crippen LogP contribution in [0.5, 0.6) is 0 Å². The van der Waals surface area contributed by atoms with Crippen molar-refractivity contribution in [1.29, 1.82) is 0 Å². The maximum atomic E-state index is 13.0. The van der Waals surface area contributed by atoms with E-state index < -0.39 is 0 Å². The van der Waals surface area contributed by atoms with E-state index >= 15 is 0 Å². The predicted molar refractivity (Wildman–Crippen MR) is 89.9 cm³/mol. The first-order valence-corrected chi connectivity index (χ1v) is 9.36. The maximum absolute atomic E-state index is 13.0. The molecule has 6 nitrogen and oxygen atoms in total. The molecule has 126 valence electrons. The summed E-state index contributed by atoms with van der Waals surface area (Å²) in [5, 5.41) is 4.35. The van der Waals surface area contributed by atoms with Crippen molar-refractivity contribution in [1.82, 2.24) is 19.6 Å². The molecule has 1 aromatic heterocycles. The van der Waals surface area contributed by atoms with Crippen molar-refractivity contribution in [2.75, 3.05) is 18.2 Å². The van der Waals surface area contributed by atoms with Crippen LogP contribution in [-0.2, 0) is 16.1 Å². The van der Waals surface area contributed by atoms with Crippen molar-refractivity contribution in [2.24, 2.45) is 0 Å². The van der Waals surface area contributed by atoms with Crippen LogP contribution in [0.3, 0.4) is 0 Å². The molecule has 1 aromatic rings. The van der Waals surface area contributed by atoms with Crippen molar-refractivity contribution in [3.05, 3.63) is 18.0 Å². The van der Waals surface area contributed by atoms with Crippen molar-refractivity contribution in [3.63, 3.8) is 0 Å². The fourth-order valence-electron chi connectivity index (χ4n) is 3.41. The summed E-state index contributed by atoms with van der Waals surface area (Å²) in [5.41, 5.74) is 1.13. The van der Waals surface area contributed by atoms with Gasteiger partial charge in [0.1, 0.15) is 6.04 Å². The number of carbonyl (C=O) groups excluding carboxylic acids is 2. The van der Waals surface area contributed by atoms with E-state index in [9.17, 15) is 9.59 Å². The molecule has 2 fully saturated rings. The van der Waals surface area contributed by atoms with E-state index in [1.54, 1.807) is 23.6 Å². The minimum absolute atomic E-state index is 0.00962. The average Bonchev–Trinajstić information content (AvgIpc) is 3.16. The molecule has 2 atom stereocenters. The first-order chi connectivity index (χ1) is 11.1. The average molecular weight is 336 g/mol. The Morgan fingerprint density at radius 1 is 1.35 bits per heavy atom. The number of hydrogen-bond acceptors (Lipinski definition) is 4. The van der Waals surface area contributed by atoms with Gasteiger partial charge in [0.25, 0.3) is 0 Å². The summed E-state index contributed by atoms with van der Waals surface area (Å²) in [6, 6.07) is -0.118. The molecule has 0 saturated carbocycles. The number of carbonyl (C=O) groups is 2. The number of piperidine rings is 1. The van der Waals surface area contributed by atoms with E-state index in [0.29, 0.717) is 11.6 Å². The van der Waals surface area contributed by atoms with E-state index in [4.69, 9.17) is 0 Å². The summed E-state index contributed by atoms with van der Waals surface area (Å²) in [4.78, 5) is 28.5. The normalized spacial score (nSPS) is 25.0. The smallest absolute Gasteiger partial charge is 0.246 e. The number of aromatic nitrogens is 2. The number of likely N-dealkylation sites (tertiary alicyclic amines) is 1. The first-order valence-electron chi connectivity index (χ1n) is 8.21. The molecule has 2 amide bonds. The molecule has 7 heteroatoms. The predicted octanol–water partition coefficient (Wildman–Crippen LogP) is 1.49. The van der Waals surface area contributed by atoms with E-state index in [2.05, 4.69) is 5.10 Å². The fraction of sp³-hybridized carbons (Fsp3) is 0.688. The second kappa shape index (κ2) is 6.95. The molecular formula is C16H24N4O2S. The fourth-order valence-corrected chi connectivity index (χ4v) is 4.62. The second-order valence-corrected chi connectivity index (χ2v) is 7.43. The van der Waals surface area contributed by atoms with Crippen LogP contribution in [0.1, 0.15) is 31.7 Å². The van der Waals surface area contributed by atoms with Crippen LogP contribution >= 0.6 is 11.8 Å². The summed E-state index contributed by atoms with van der Waals surface area (Å²) in [7, 11) is 0. The van der Waals surface area contributed by atoms with Crippen LogP contribution in [0.15, 0.2) is 12.4 Å². The highest BCUT2D eigenvalue weighted by Gasteiger charge is 2.38. The number of hydrogen-bond donors (Lipinski definition) is 0. The molecule has 0 bridgehead atoms. The minimum atomic E-state index is -0.294. The largest absolute Gasteiger partial charge is 0.336 e. The van der Waals surface area contributed by atoms with Crippen molar-refractivity contribution < 1.29 is 9.59 Å². The zero-order chi connectivity index (χ0) is 16.4. The Hall–Kier alpha value is -1.50. The summed E-state index contributed by atoms with van der Waals surface area (Å²) >= 11 is 1.66. The molecular weight excluding hydrogens is 312 g/mol. The standard InChI is InChI=1S/C16H24N4O2S/c1-12-7-17-18(8-12)9-14-5-3-4-6-19(14)16(22)15-10-23-11-20(15)13(2)21/h7-8,14-15H,3-6,9-11H2,1-2H3/t14-,15-/m1/s1. The second-order valence-electron chi connectivity index (χ2n) is 6.43. The molecule has 0 spiro atoms. The number of rotatable bonds is 3. The molecule has 3 heterocycles. The summed E-state index contributed by atoms with van der Waals surface area (Å²) in [5.74, 6) is 1.44. The van der Waals surface area contributed by atoms with Gasteiger partial charge in [0.05, 0.1) is 24.7 Å². The van der Waals surface area contributed by atoms with Gasteiger partial charge in [0.2, 0.25) is 11.8 Å². The van der Waals surface area contributed by atoms with Crippen LogP contribution in [0.4, 0.5) is 0 Å². The Balaban J connectivity index is 1.72. The third kappa shape index (κ3) is 3.54. The van der Waals surface area contributed by atoms with Gasteiger partial charge in [0.15, 0.2) is 0 Å². The van der Waals surface area contributed by atoms with Gasteiger partial charge < -0.3 is 9.80 Å². The molecule has 3 rings (SSSR count). The number of thioether (sulfide) groups is 1. The monoisotopic (exact) mass is 336 g/mol. The quantitative estimate of drug-likeness (QED) is 0.839. The van der Waals surface area contributed by atoms with Gasteiger partial charge in [-0.15, -0.1) is 11.8 Å². The van der Waals surface area contributed by atoms with E-state index in [1.165, 1.54) is 0 Å². The Labute approximate surface area is 141 Å². The summed E-state index contributed by atoms with van der Waals surface area (Å²) < 4.78 is 1.93. The topological polar surface area (TPSA) is 58.4 Å². The van der Waals surface area contributed by atoms with Gasteiger partial charge in [-0.25, -0.2) is 0 Å². The van der Waals surface area contributed by atoms with Gasteiger partial charge in [-0.2, -0.15) is 5.10 Å². The van der Waals surface area contributed by atoms with Gasteiger partial charge in [-0.1, -0.05) is 0 Å². The molecule has 0 radical (unpaired) electrons. The van der Waals surface area contributed by atoms with Gasteiger partial charge in [0, 0.05) is 25.4 Å². The molecule has 2 aliphatic rings. The zero-order valence-corrected chi connectivity index (χ0v) is 14.6. The third-order valence-corrected chi connectivity index (χ3v) is 5.65. The Bertz CT molecular complexity index is 588. The molecule has 2 aliphatic heterocycles. The molecule has 0 unspecified atom stereocenters. The van der Waals surface area contributed by atoms with E-state index in [0.717, 1.165) is 37.9 Å². The maximum Gasteiger partial charge on any atom is 0.246 e. The number of nitrogens with zero attached hydrogens (tertiary/aromatic N) is 4. The molecule has 0 N–H and O–H groups in total. The molecule has 0 aliphatic carbocycles. The molecule has 0 aromatic carbocycles. The van der Waals surface area contributed by atoms with Crippen LogP contribution in [0.2, 0.25) is 0 Å². The van der Waals surface area contributed by atoms with Crippen LogP contribution < -0.4 is 0 Å². The lowest BCUT2D eigenvalue weighted by Gasteiger charge is -2.38. The highest BCUT2D eigenvalue weighted by Crippen LogP contribution is 2.26. The lowest BCUT2D eigenvalue weighted by molar-refractivity contribution is -0.145. The van der Waals surface area contributed by atoms with Crippen LogP contribution in [0, 0.1) is 6.92 Å². The zero-order valence-electron chi connectivity index (χ0n) is 13.8. The Morgan fingerprint density at radius 2 is 2.17 bits per heavy atom. The van der Waals surface area contributed by atoms with Crippen LogP contribution in [-0.4, -0.2) is 61.7 Å². The summed E-state index contributed by atoms with van der Waals surface area (Å²) in [6.07, 6.45) is 7.06. The van der Waals surface area contributed by atoms with Crippen molar-refractivity contribution in [2.45, 2.75) is 51.7 Å². The first kappa shape index (κ1) is 16.4. The lowest BCUT2D eigenvalue weighted by Crippen LogP contribution is -2.54. The van der Waals surface area contributed by atoms with Gasteiger partial charge in [-0.05, 0) is 31.7 Å². The highest BCUT2D eigenvalue weighted by molar-refractivity contribution is 7.99. The molecule has 23 heavy (non-hydrogen) atoms. The van der Waals surface area contributed by atoms with Crippen LogP contribution in [0.25, 0.3) is 0 Å². The summed E-state index contributed by atoms with van der Waals surface area (Å²) in [6.45, 7) is 5.09. The highest BCUT2D eigenvalue weighted by atomic mass is 32.2. The number of amides is 2. The SMILES string of the molecule is CC(=O)N1CSC[C@@H]1C(=O)N1CCCC[C@@H]1Cn1cc(C)cn1. The van der Waals surface area contributed by atoms with Gasteiger partial charge in [-0.3, -0.25) is 14.3 Å². The molecule has 2 saturated heterocycles. The lowest BCUT2D eigenvalue weighted by atomic mass is 10.0. The van der Waals surface area contributed by atoms with E-state index in [-0.39, 0.29) is 23.9 Å². The van der Waals surface area contributed by atoms with E-state index in [1.807, 2.05) is 28.9 Å². The number of aryl methyl sites for hydroxylation is 1. The Kier molecular flexibility index (Phi) is 4.94. The third-order valence-electron chi connectivity index (χ3n) is 4.64. The van der Waals surface area contributed by atoms with Crippen molar-refractivity contribution >= 4 is 23.6 Å². The Morgan fingerprint density at radius 3 is 2.87 bits per heavy atom. The minimum Gasteiger partial charge on any atom is -0.336 e. The van der Waals surface area contributed by atoms with Gasteiger partial charge >= 0.3 is 0 Å². The van der Waals surface area contributed by atoms with Crippen molar-refractivity contribution in [3.8, 4) is 0 Å².